The molecule has 7 heteroatoms. The van der Waals surface area contributed by atoms with Crippen LogP contribution in [0, 0.1) is 12.3 Å². The molecule has 2 fully saturated rings. The number of aryl methyl sites for hydroxylation is 2. The first-order valence-corrected chi connectivity index (χ1v) is 8.10. The molecule has 0 radical (unpaired) electrons. The van der Waals surface area contributed by atoms with Crippen LogP contribution in [-0.2, 0) is 11.8 Å². The SMILES string of the molecule is Cc1occc1C(=O)N1CCC2(CC(=O)N(c3cnn(C)c3)C2)C1. The van der Waals surface area contributed by atoms with Crippen molar-refractivity contribution >= 4 is 17.5 Å². The standard InChI is InChI=1S/C17H20N4O3/c1-12-14(3-6-24-12)16(23)20-5-4-17(10-20)7-15(22)21(11-17)13-8-18-19(2)9-13/h3,6,8-9H,4-5,7,10-11H2,1-2H3. The normalized spacial score (nSPS) is 23.7. The fraction of sp³-hybridized carbons (Fsp3) is 0.471. The molecule has 7 nitrogen and oxygen atoms in total. The zero-order valence-electron chi connectivity index (χ0n) is 13.9. The summed E-state index contributed by atoms with van der Waals surface area (Å²) in [6.45, 7) is 3.73. The van der Waals surface area contributed by atoms with Crippen LogP contribution in [0.15, 0.2) is 29.1 Å². The molecule has 24 heavy (non-hydrogen) atoms. The van der Waals surface area contributed by atoms with Gasteiger partial charge in [0.25, 0.3) is 5.91 Å². The second kappa shape index (κ2) is 5.22. The van der Waals surface area contributed by atoms with Crippen LogP contribution < -0.4 is 4.90 Å². The van der Waals surface area contributed by atoms with Crippen LogP contribution in [0.3, 0.4) is 0 Å². The van der Waals surface area contributed by atoms with Gasteiger partial charge in [0.05, 0.1) is 23.7 Å². The summed E-state index contributed by atoms with van der Waals surface area (Å²) in [6.07, 6.45) is 6.43. The Balaban J connectivity index is 1.51. The Morgan fingerprint density at radius 2 is 2.21 bits per heavy atom. The van der Waals surface area contributed by atoms with Gasteiger partial charge in [-0.2, -0.15) is 5.10 Å². The number of hydrogen-bond acceptors (Lipinski definition) is 4. The second-order valence-corrected chi connectivity index (χ2v) is 6.90. The lowest BCUT2D eigenvalue weighted by Gasteiger charge is -2.23. The minimum Gasteiger partial charge on any atom is -0.469 e. The van der Waals surface area contributed by atoms with E-state index < -0.39 is 0 Å². The van der Waals surface area contributed by atoms with Crippen molar-refractivity contribution in [3.63, 3.8) is 0 Å². The highest BCUT2D eigenvalue weighted by atomic mass is 16.3. The van der Waals surface area contributed by atoms with E-state index in [0.29, 0.717) is 37.4 Å². The van der Waals surface area contributed by atoms with Crippen molar-refractivity contribution in [2.75, 3.05) is 24.5 Å². The topological polar surface area (TPSA) is 71.6 Å². The lowest BCUT2D eigenvalue weighted by atomic mass is 9.86. The molecule has 0 aliphatic carbocycles. The van der Waals surface area contributed by atoms with E-state index >= 15 is 0 Å². The average Bonchev–Trinajstić information content (AvgIpc) is 3.29. The van der Waals surface area contributed by atoms with Crippen LogP contribution in [0.25, 0.3) is 0 Å². The molecule has 2 aliphatic rings. The van der Waals surface area contributed by atoms with Crippen molar-refractivity contribution in [2.24, 2.45) is 12.5 Å². The van der Waals surface area contributed by atoms with Gasteiger partial charge in [-0.25, -0.2) is 0 Å². The van der Waals surface area contributed by atoms with Crippen molar-refractivity contribution in [1.82, 2.24) is 14.7 Å². The minimum atomic E-state index is -0.153. The van der Waals surface area contributed by atoms with Crippen LogP contribution in [0.4, 0.5) is 5.69 Å². The minimum absolute atomic E-state index is 0.00889. The van der Waals surface area contributed by atoms with Gasteiger partial charge in [0.2, 0.25) is 5.91 Å². The van der Waals surface area contributed by atoms with Crippen molar-refractivity contribution < 1.29 is 14.0 Å². The van der Waals surface area contributed by atoms with Crippen LogP contribution in [0.1, 0.15) is 29.0 Å². The molecule has 126 valence electrons. The number of rotatable bonds is 2. The third kappa shape index (κ3) is 2.31. The Labute approximate surface area is 139 Å². The number of anilines is 1. The average molecular weight is 328 g/mol. The van der Waals surface area contributed by atoms with Crippen LogP contribution in [0.2, 0.25) is 0 Å². The molecule has 4 heterocycles. The van der Waals surface area contributed by atoms with E-state index in [4.69, 9.17) is 4.42 Å². The number of amides is 2. The third-order valence-corrected chi connectivity index (χ3v) is 5.14. The number of aromatic nitrogens is 2. The van der Waals surface area contributed by atoms with Gasteiger partial charge in [-0.15, -0.1) is 0 Å². The molecule has 4 rings (SSSR count). The lowest BCUT2D eigenvalue weighted by molar-refractivity contribution is -0.117. The number of nitrogens with zero attached hydrogens (tertiary/aromatic N) is 4. The zero-order chi connectivity index (χ0) is 16.9. The molecule has 0 aromatic carbocycles. The first kappa shape index (κ1) is 15.0. The highest BCUT2D eigenvalue weighted by Gasteiger charge is 2.49. The molecule has 2 aliphatic heterocycles. The molecular formula is C17H20N4O3. The molecule has 0 bridgehead atoms. The van der Waals surface area contributed by atoms with E-state index in [1.807, 2.05) is 18.1 Å². The summed E-state index contributed by atoms with van der Waals surface area (Å²) in [5, 5.41) is 4.15. The Morgan fingerprint density at radius 1 is 1.38 bits per heavy atom. The van der Waals surface area contributed by atoms with E-state index in [1.165, 1.54) is 6.26 Å². The van der Waals surface area contributed by atoms with Gasteiger partial charge < -0.3 is 14.2 Å². The van der Waals surface area contributed by atoms with E-state index in [-0.39, 0.29) is 17.2 Å². The molecule has 2 aromatic rings. The smallest absolute Gasteiger partial charge is 0.257 e. The monoisotopic (exact) mass is 328 g/mol. The van der Waals surface area contributed by atoms with Gasteiger partial charge in [-0.3, -0.25) is 14.3 Å². The summed E-state index contributed by atoms with van der Waals surface area (Å²) < 4.78 is 6.93. The largest absolute Gasteiger partial charge is 0.469 e. The van der Waals surface area contributed by atoms with Crippen molar-refractivity contribution in [3.8, 4) is 0 Å². The summed E-state index contributed by atoms with van der Waals surface area (Å²) in [6, 6.07) is 1.71. The van der Waals surface area contributed by atoms with Gasteiger partial charge >= 0.3 is 0 Å². The van der Waals surface area contributed by atoms with Crippen molar-refractivity contribution in [3.05, 3.63) is 36.0 Å². The fourth-order valence-corrected chi connectivity index (χ4v) is 3.84. The van der Waals surface area contributed by atoms with Crippen LogP contribution in [-0.4, -0.2) is 46.1 Å². The van der Waals surface area contributed by atoms with Gasteiger partial charge in [0.15, 0.2) is 0 Å². The maximum absolute atomic E-state index is 12.7. The molecule has 0 N–H and O–H groups in total. The van der Waals surface area contributed by atoms with E-state index in [0.717, 1.165) is 12.1 Å². The molecule has 2 saturated heterocycles. The maximum Gasteiger partial charge on any atom is 0.257 e. The molecule has 1 unspecified atom stereocenters. The first-order valence-electron chi connectivity index (χ1n) is 8.10. The lowest BCUT2D eigenvalue weighted by Crippen LogP contribution is -2.34. The van der Waals surface area contributed by atoms with E-state index in [2.05, 4.69) is 5.10 Å². The summed E-state index contributed by atoms with van der Waals surface area (Å²) in [5.41, 5.74) is 1.29. The number of furan rings is 1. The third-order valence-electron chi connectivity index (χ3n) is 5.14. The van der Waals surface area contributed by atoms with Crippen molar-refractivity contribution in [2.45, 2.75) is 19.8 Å². The molecule has 0 saturated carbocycles. The summed E-state index contributed by atoms with van der Waals surface area (Å²) in [7, 11) is 1.84. The highest BCUT2D eigenvalue weighted by molar-refractivity contribution is 5.97. The predicted molar refractivity (Wildman–Crippen MR) is 86.6 cm³/mol. The summed E-state index contributed by atoms with van der Waals surface area (Å²) in [4.78, 5) is 28.8. The highest BCUT2D eigenvalue weighted by Crippen LogP contribution is 2.42. The second-order valence-electron chi connectivity index (χ2n) is 6.90. The molecular weight excluding hydrogens is 308 g/mol. The number of hydrogen-bond donors (Lipinski definition) is 0. The summed E-state index contributed by atoms with van der Waals surface area (Å²) in [5.74, 6) is 0.739. The number of carbonyl (C=O) groups is 2. The Kier molecular flexibility index (Phi) is 3.26. The van der Waals surface area contributed by atoms with Gasteiger partial charge in [0.1, 0.15) is 5.76 Å². The predicted octanol–water partition coefficient (Wildman–Crippen LogP) is 1.59. The summed E-state index contributed by atoms with van der Waals surface area (Å²) >= 11 is 0. The van der Waals surface area contributed by atoms with Gasteiger partial charge in [-0.1, -0.05) is 0 Å². The number of likely N-dealkylation sites (tertiary alicyclic amines) is 1. The Morgan fingerprint density at radius 3 is 2.88 bits per heavy atom. The van der Waals surface area contributed by atoms with E-state index in [1.54, 1.807) is 28.8 Å². The van der Waals surface area contributed by atoms with Crippen LogP contribution >= 0.6 is 0 Å². The fourth-order valence-electron chi connectivity index (χ4n) is 3.84. The van der Waals surface area contributed by atoms with Gasteiger partial charge in [0, 0.05) is 44.7 Å². The van der Waals surface area contributed by atoms with Crippen LogP contribution in [0.5, 0.6) is 0 Å². The molecule has 1 spiro atoms. The van der Waals surface area contributed by atoms with Crippen molar-refractivity contribution in [1.29, 1.82) is 0 Å². The Hall–Kier alpha value is -2.57. The van der Waals surface area contributed by atoms with E-state index in [9.17, 15) is 9.59 Å². The van der Waals surface area contributed by atoms with Gasteiger partial charge in [-0.05, 0) is 19.4 Å². The molecule has 2 aromatic heterocycles. The zero-order valence-corrected chi connectivity index (χ0v) is 13.9. The maximum atomic E-state index is 12.7. The molecule has 2 amide bonds. The Bertz CT molecular complexity index is 808. The molecule has 1 atom stereocenters. The quantitative estimate of drug-likeness (QED) is 0.839. The first-order chi connectivity index (χ1) is 11.5. The number of carbonyl (C=O) groups excluding carboxylic acids is 2.